The van der Waals surface area contributed by atoms with E-state index in [-0.39, 0.29) is 11.4 Å². The second-order valence-corrected chi connectivity index (χ2v) is 10.5. The zero-order valence-corrected chi connectivity index (χ0v) is 20.9. The van der Waals surface area contributed by atoms with Gasteiger partial charge in [-0.2, -0.15) is 0 Å². The predicted octanol–water partition coefficient (Wildman–Crippen LogP) is 0.791. The summed E-state index contributed by atoms with van der Waals surface area (Å²) in [7, 11) is 0. The summed E-state index contributed by atoms with van der Waals surface area (Å²) in [5, 5.41) is 34.2. The van der Waals surface area contributed by atoms with Crippen molar-refractivity contribution < 1.29 is 29.1 Å². The van der Waals surface area contributed by atoms with Crippen LogP contribution in [0.3, 0.4) is 0 Å². The molecule has 3 atom stereocenters. The van der Waals surface area contributed by atoms with E-state index in [1.54, 1.807) is 29.6 Å². The Morgan fingerprint density at radius 2 is 2.19 bits per heavy atom. The van der Waals surface area contributed by atoms with E-state index in [0.717, 1.165) is 16.7 Å². The summed E-state index contributed by atoms with van der Waals surface area (Å²) in [4.78, 5) is 52.2. The number of thiophene rings is 1. The summed E-state index contributed by atoms with van der Waals surface area (Å²) in [6.07, 6.45) is 2.52. The minimum Gasteiger partial charge on any atom is -0.593 e. The Morgan fingerprint density at radius 1 is 1.39 bits per heavy atom. The molecule has 15 heteroatoms. The molecule has 0 radical (unpaired) electrons. The number of nitrogens with zero attached hydrogens (tertiary/aromatic N) is 3. The van der Waals surface area contributed by atoms with Crippen LogP contribution < -0.4 is 20.8 Å². The van der Waals surface area contributed by atoms with Crippen LogP contribution in [-0.4, -0.2) is 61.8 Å². The van der Waals surface area contributed by atoms with Gasteiger partial charge < -0.3 is 26.3 Å². The molecule has 4 rings (SSSR count). The van der Waals surface area contributed by atoms with Crippen LogP contribution in [0.1, 0.15) is 10.9 Å². The lowest BCUT2D eigenvalue weighted by atomic mass is 10.0. The van der Waals surface area contributed by atoms with Crippen molar-refractivity contribution in [3.8, 4) is 0 Å². The van der Waals surface area contributed by atoms with Gasteiger partial charge in [0.25, 0.3) is 10.9 Å². The first-order valence-corrected chi connectivity index (χ1v) is 13.3. The lowest BCUT2D eigenvalue weighted by Gasteiger charge is -2.49. The molecular weight excluding hydrogens is 528 g/mol. The number of amides is 4. The first-order valence-electron chi connectivity index (χ1n) is 10.4. The fourth-order valence-electron chi connectivity index (χ4n) is 3.63. The van der Waals surface area contributed by atoms with Crippen molar-refractivity contribution in [2.75, 3.05) is 11.5 Å². The average molecular weight is 549 g/mol. The Kier molecular flexibility index (Phi) is 7.81. The number of urea groups is 1. The number of β-lactam (4-membered cyclic amide) rings is 1. The molecule has 1 fully saturated rings. The molecule has 0 aliphatic carbocycles. The number of carboxylic acids is 1. The van der Waals surface area contributed by atoms with Gasteiger partial charge in [0.1, 0.15) is 23.2 Å². The van der Waals surface area contributed by atoms with Gasteiger partial charge in [-0.1, -0.05) is 12.6 Å². The number of hydrogen-bond donors (Lipinski definition) is 4. The van der Waals surface area contributed by atoms with Crippen LogP contribution in [0.15, 0.2) is 64.9 Å². The quantitative estimate of drug-likeness (QED) is 0.153. The summed E-state index contributed by atoms with van der Waals surface area (Å²) in [6, 6.07) is 3.91. The number of thioether (sulfide) groups is 2. The van der Waals surface area contributed by atoms with Crippen molar-refractivity contribution in [3.05, 3.63) is 70.0 Å². The highest BCUT2D eigenvalue weighted by Crippen LogP contribution is 2.41. The van der Waals surface area contributed by atoms with E-state index >= 15 is 0 Å². The Morgan fingerprint density at radius 3 is 2.86 bits per heavy atom. The van der Waals surface area contributed by atoms with Gasteiger partial charge in [0, 0.05) is 27.5 Å². The molecule has 2 aliphatic rings. The molecular formula is C21H20N6O6S3. The van der Waals surface area contributed by atoms with Gasteiger partial charge in [-0.3, -0.25) is 14.5 Å². The van der Waals surface area contributed by atoms with Gasteiger partial charge in [-0.15, -0.1) is 23.1 Å². The van der Waals surface area contributed by atoms with Crippen molar-refractivity contribution in [3.63, 3.8) is 0 Å². The van der Waals surface area contributed by atoms with Crippen LogP contribution in [-0.2, 0) is 14.4 Å². The summed E-state index contributed by atoms with van der Waals surface area (Å²) >= 11 is 3.69. The maximum absolute atomic E-state index is 13.1. The second kappa shape index (κ2) is 11.0. The second-order valence-electron chi connectivity index (χ2n) is 7.45. The molecule has 4 amide bonds. The van der Waals surface area contributed by atoms with Gasteiger partial charge in [0.05, 0.1) is 6.20 Å². The lowest BCUT2D eigenvalue weighted by Crippen LogP contribution is -2.71. The SMILES string of the molecule is C=CNC(=O)NC(C(=O)N[C@@H]1C(=O)N2C(C(=O)O)=C(CSc3cccn[n+]3[O-])CSC12)c1cccs1. The number of carbonyl (C=O) groups is 4. The van der Waals surface area contributed by atoms with Crippen molar-refractivity contribution >= 4 is 58.7 Å². The van der Waals surface area contributed by atoms with Crippen LogP contribution >= 0.6 is 34.9 Å². The topological polar surface area (TPSA) is 168 Å². The van der Waals surface area contributed by atoms with E-state index in [1.165, 1.54) is 35.5 Å². The molecule has 2 aliphatic heterocycles. The molecule has 0 bridgehead atoms. The lowest BCUT2D eigenvalue weighted by molar-refractivity contribution is -0.706. The molecule has 2 aromatic heterocycles. The molecule has 4 N–H and O–H groups in total. The van der Waals surface area contributed by atoms with Crippen molar-refractivity contribution in [2.24, 2.45) is 0 Å². The maximum atomic E-state index is 13.1. The number of rotatable bonds is 9. The Balaban J connectivity index is 1.48. The number of carboxylic acid groups (broad SMARTS) is 1. The Labute approximate surface area is 217 Å². The zero-order valence-electron chi connectivity index (χ0n) is 18.4. The molecule has 36 heavy (non-hydrogen) atoms. The Hall–Kier alpha value is -3.56. The third kappa shape index (κ3) is 5.17. The van der Waals surface area contributed by atoms with Gasteiger partial charge in [0.2, 0.25) is 5.91 Å². The first-order chi connectivity index (χ1) is 17.3. The largest absolute Gasteiger partial charge is 0.593 e. The van der Waals surface area contributed by atoms with Crippen LogP contribution in [0, 0.1) is 5.21 Å². The molecule has 188 valence electrons. The number of fused-ring (bicyclic) bond motifs is 1. The predicted molar refractivity (Wildman–Crippen MR) is 133 cm³/mol. The summed E-state index contributed by atoms with van der Waals surface area (Å²) in [5.74, 6) is -1.97. The smallest absolute Gasteiger partial charge is 0.352 e. The van der Waals surface area contributed by atoms with Crippen molar-refractivity contribution in [2.45, 2.75) is 22.5 Å². The summed E-state index contributed by atoms with van der Waals surface area (Å²) in [6.45, 7) is 3.41. The van der Waals surface area contributed by atoms with E-state index in [9.17, 15) is 29.5 Å². The zero-order chi connectivity index (χ0) is 25.8. The highest BCUT2D eigenvalue weighted by Gasteiger charge is 2.54. The van der Waals surface area contributed by atoms with Crippen LogP contribution in [0.5, 0.6) is 0 Å². The summed E-state index contributed by atoms with van der Waals surface area (Å²) < 4.78 is 0. The average Bonchev–Trinajstić information content (AvgIpc) is 3.39. The standard InChI is InChI=1S/C21H20N6O6S3/c1-2-22-21(32)25-14(12-5-4-8-34-12)17(28)24-15-18(29)26-16(20(30)31)11(10-36-19(15)26)9-35-13-6-3-7-23-27(13)33/h2-8,14-15,19H,1,9-10H2,(H,24,28)(H,30,31)(H2,22,25,32)/t14?,15-,19?/m1/s1. The number of nitrogens with one attached hydrogen (secondary N) is 3. The number of aliphatic carboxylic acids is 1. The van der Waals surface area contributed by atoms with Gasteiger partial charge in [-0.05, 0) is 45.9 Å². The minimum atomic E-state index is -1.27. The molecule has 0 saturated carbocycles. The van der Waals surface area contributed by atoms with Crippen LogP contribution in [0.4, 0.5) is 4.79 Å². The molecule has 2 unspecified atom stereocenters. The van der Waals surface area contributed by atoms with E-state index < -0.39 is 41.3 Å². The Bertz CT molecular complexity index is 1240. The number of carbonyl (C=O) groups excluding carboxylic acids is 3. The van der Waals surface area contributed by atoms with E-state index in [4.69, 9.17) is 0 Å². The van der Waals surface area contributed by atoms with E-state index in [2.05, 4.69) is 27.6 Å². The minimum absolute atomic E-state index is 0.151. The molecule has 4 heterocycles. The fraction of sp³-hybridized carbons (Fsp3) is 0.238. The third-order valence-electron chi connectivity index (χ3n) is 5.23. The molecule has 0 spiro atoms. The van der Waals surface area contributed by atoms with Crippen LogP contribution in [0.25, 0.3) is 0 Å². The van der Waals surface area contributed by atoms with Gasteiger partial charge in [0.15, 0.2) is 0 Å². The van der Waals surface area contributed by atoms with Crippen molar-refractivity contribution in [1.82, 2.24) is 25.9 Å². The highest BCUT2D eigenvalue weighted by atomic mass is 32.2. The normalized spacial score (nSPS) is 19.6. The molecule has 0 aromatic carbocycles. The third-order valence-corrected chi connectivity index (χ3v) is 8.58. The fourth-order valence-corrected chi connectivity index (χ4v) is 6.77. The van der Waals surface area contributed by atoms with Gasteiger partial charge in [-0.25, -0.2) is 9.59 Å². The highest BCUT2D eigenvalue weighted by molar-refractivity contribution is 8.01. The van der Waals surface area contributed by atoms with E-state index in [1.807, 2.05) is 0 Å². The van der Waals surface area contributed by atoms with Crippen molar-refractivity contribution in [1.29, 1.82) is 0 Å². The maximum Gasteiger partial charge on any atom is 0.352 e. The van der Waals surface area contributed by atoms with Gasteiger partial charge >= 0.3 is 12.0 Å². The van der Waals surface area contributed by atoms with E-state index in [0.29, 0.717) is 26.1 Å². The molecule has 1 saturated heterocycles. The number of aromatic nitrogens is 2. The summed E-state index contributed by atoms with van der Waals surface area (Å²) in [5.41, 5.74) is 0.330. The number of hydrogen-bond acceptors (Lipinski definition) is 9. The molecule has 2 aromatic rings. The first kappa shape index (κ1) is 25.5. The monoisotopic (exact) mass is 548 g/mol. The molecule has 12 nitrogen and oxygen atoms in total. The van der Waals surface area contributed by atoms with Crippen LogP contribution in [0.2, 0.25) is 0 Å².